The van der Waals surface area contributed by atoms with Crippen molar-refractivity contribution in [3.63, 3.8) is 0 Å². The van der Waals surface area contributed by atoms with Gasteiger partial charge in [0.15, 0.2) is 0 Å². The first-order valence-electron chi connectivity index (χ1n) is 7.96. The number of carbonyl (C=O) groups is 1. The number of likely N-dealkylation sites (N-methyl/N-ethyl adjacent to an activating group) is 1. The lowest BCUT2D eigenvalue weighted by Crippen LogP contribution is -2.44. The number of carbonyl (C=O) groups excluding carboxylic acids is 1. The molecule has 0 unspecified atom stereocenters. The van der Waals surface area contributed by atoms with Gasteiger partial charge in [-0.25, -0.2) is 9.97 Å². The molecule has 0 radical (unpaired) electrons. The van der Waals surface area contributed by atoms with Gasteiger partial charge in [0.25, 0.3) is 5.91 Å². The first-order valence-corrected chi connectivity index (χ1v) is 8.77. The highest BCUT2D eigenvalue weighted by molar-refractivity contribution is 7.20. The van der Waals surface area contributed by atoms with Crippen LogP contribution < -0.4 is 10.2 Å². The monoisotopic (exact) mass is 333 g/mol. The maximum Gasteiger partial charge on any atom is 0.261 e. The number of nitrogens with one attached hydrogen (secondary N) is 1. The Kier molecular flexibility index (Phi) is 4.50. The molecule has 0 aliphatic carbocycles. The second kappa shape index (κ2) is 6.41. The lowest BCUT2D eigenvalue weighted by atomic mass is 10.1. The number of amides is 1. The molecule has 3 rings (SSSR count). The highest BCUT2D eigenvalue weighted by Crippen LogP contribution is 2.35. The molecule has 124 valence electrons. The lowest BCUT2D eigenvalue weighted by molar-refractivity contribution is 0.0947. The number of fused-ring (bicyclic) bond motifs is 1. The van der Waals surface area contributed by atoms with E-state index in [4.69, 9.17) is 0 Å². The minimum absolute atomic E-state index is 0.0233. The molecule has 0 spiro atoms. The zero-order valence-corrected chi connectivity index (χ0v) is 14.9. The van der Waals surface area contributed by atoms with Gasteiger partial charge in [0.1, 0.15) is 17.0 Å². The van der Waals surface area contributed by atoms with Gasteiger partial charge in [0.05, 0.1) is 10.3 Å². The zero-order valence-electron chi connectivity index (χ0n) is 14.1. The second-order valence-corrected chi connectivity index (χ2v) is 7.35. The predicted octanol–water partition coefficient (Wildman–Crippen LogP) is 1.89. The summed E-state index contributed by atoms with van der Waals surface area (Å²) < 4.78 is 0. The van der Waals surface area contributed by atoms with Crippen molar-refractivity contribution >= 4 is 33.3 Å². The molecular formula is C16H23N5OS. The fraction of sp³-hybridized carbons (Fsp3) is 0.562. The van der Waals surface area contributed by atoms with Crippen LogP contribution in [-0.2, 0) is 0 Å². The standard InChI is InChI=1S/C16H23N5OS/c1-10(2)19-15(22)13-11(3)12-14(17-9-18-16(12)23-13)21-7-5-20(4)6-8-21/h9-10H,5-8H2,1-4H3,(H,19,22). The van der Waals surface area contributed by atoms with E-state index in [2.05, 4.69) is 32.1 Å². The van der Waals surface area contributed by atoms with Crippen molar-refractivity contribution < 1.29 is 4.79 Å². The molecule has 1 aliphatic heterocycles. The third kappa shape index (κ3) is 3.16. The van der Waals surface area contributed by atoms with Crippen LogP contribution in [0.2, 0.25) is 0 Å². The van der Waals surface area contributed by atoms with E-state index in [-0.39, 0.29) is 11.9 Å². The van der Waals surface area contributed by atoms with Crippen LogP contribution in [0.15, 0.2) is 6.33 Å². The minimum atomic E-state index is -0.0233. The average Bonchev–Trinajstić information content (AvgIpc) is 2.85. The summed E-state index contributed by atoms with van der Waals surface area (Å²) in [6.45, 7) is 9.88. The third-order valence-electron chi connectivity index (χ3n) is 4.14. The normalized spacial score (nSPS) is 16.3. The number of aromatic nitrogens is 2. The summed E-state index contributed by atoms with van der Waals surface area (Å²) in [4.78, 5) is 27.6. The molecular weight excluding hydrogens is 310 g/mol. The van der Waals surface area contributed by atoms with E-state index in [0.717, 1.165) is 52.7 Å². The van der Waals surface area contributed by atoms with E-state index >= 15 is 0 Å². The summed E-state index contributed by atoms with van der Waals surface area (Å²) in [6, 6.07) is 0.121. The van der Waals surface area contributed by atoms with Crippen molar-refractivity contribution in [2.45, 2.75) is 26.8 Å². The third-order valence-corrected chi connectivity index (χ3v) is 5.33. The fourth-order valence-electron chi connectivity index (χ4n) is 2.86. The van der Waals surface area contributed by atoms with E-state index in [1.165, 1.54) is 11.3 Å². The molecule has 1 saturated heterocycles. The Balaban J connectivity index is 2.00. The smallest absolute Gasteiger partial charge is 0.261 e. The number of piperazine rings is 1. The number of thiophene rings is 1. The van der Waals surface area contributed by atoms with Gasteiger partial charge in [-0.2, -0.15) is 0 Å². The van der Waals surface area contributed by atoms with Gasteiger partial charge in [0, 0.05) is 32.2 Å². The molecule has 3 heterocycles. The highest BCUT2D eigenvalue weighted by atomic mass is 32.1. The van der Waals surface area contributed by atoms with Gasteiger partial charge < -0.3 is 15.1 Å². The fourth-order valence-corrected chi connectivity index (χ4v) is 3.90. The molecule has 2 aromatic rings. The maximum atomic E-state index is 12.4. The van der Waals surface area contributed by atoms with Crippen molar-refractivity contribution in [1.82, 2.24) is 20.2 Å². The largest absolute Gasteiger partial charge is 0.353 e. The molecule has 2 aromatic heterocycles. The molecule has 23 heavy (non-hydrogen) atoms. The van der Waals surface area contributed by atoms with Crippen LogP contribution >= 0.6 is 11.3 Å². The molecule has 0 aromatic carbocycles. The number of nitrogens with zero attached hydrogens (tertiary/aromatic N) is 4. The molecule has 0 saturated carbocycles. The van der Waals surface area contributed by atoms with Crippen LogP contribution in [0, 0.1) is 6.92 Å². The summed E-state index contributed by atoms with van der Waals surface area (Å²) in [5.41, 5.74) is 0.984. The minimum Gasteiger partial charge on any atom is -0.353 e. The Morgan fingerprint density at radius 1 is 1.26 bits per heavy atom. The van der Waals surface area contributed by atoms with Crippen LogP contribution in [0.25, 0.3) is 10.2 Å². The van der Waals surface area contributed by atoms with E-state index in [1.807, 2.05) is 20.8 Å². The van der Waals surface area contributed by atoms with E-state index in [1.54, 1.807) is 6.33 Å². The second-order valence-electron chi connectivity index (χ2n) is 6.35. The average molecular weight is 333 g/mol. The van der Waals surface area contributed by atoms with E-state index in [0.29, 0.717) is 0 Å². The SMILES string of the molecule is Cc1c(C(=O)NC(C)C)sc2ncnc(N3CCN(C)CC3)c12. The number of hydrogen-bond donors (Lipinski definition) is 1. The van der Waals surface area contributed by atoms with Crippen LogP contribution in [0.3, 0.4) is 0 Å². The molecule has 6 nitrogen and oxygen atoms in total. The quantitative estimate of drug-likeness (QED) is 0.929. The van der Waals surface area contributed by atoms with Crippen molar-refractivity contribution in [3.8, 4) is 0 Å². The Labute approximate surface area is 140 Å². The maximum absolute atomic E-state index is 12.4. The molecule has 7 heteroatoms. The van der Waals surface area contributed by atoms with Crippen LogP contribution in [0.5, 0.6) is 0 Å². The molecule has 1 amide bonds. The molecule has 0 atom stereocenters. The van der Waals surface area contributed by atoms with Gasteiger partial charge in [-0.3, -0.25) is 4.79 Å². The Hall–Kier alpha value is -1.73. The summed E-state index contributed by atoms with van der Waals surface area (Å²) in [7, 11) is 2.14. The lowest BCUT2D eigenvalue weighted by Gasteiger charge is -2.33. The van der Waals surface area contributed by atoms with Gasteiger partial charge in [-0.05, 0) is 33.4 Å². The molecule has 1 N–H and O–H groups in total. The molecule has 1 aliphatic rings. The van der Waals surface area contributed by atoms with E-state index < -0.39 is 0 Å². The number of rotatable bonds is 3. The van der Waals surface area contributed by atoms with Gasteiger partial charge >= 0.3 is 0 Å². The Morgan fingerprint density at radius 2 is 1.96 bits per heavy atom. The Bertz CT molecular complexity index is 719. The summed E-state index contributed by atoms with van der Waals surface area (Å²) >= 11 is 1.45. The van der Waals surface area contributed by atoms with Crippen LogP contribution in [0.4, 0.5) is 5.82 Å². The highest BCUT2D eigenvalue weighted by Gasteiger charge is 2.23. The topological polar surface area (TPSA) is 61.4 Å². The van der Waals surface area contributed by atoms with E-state index in [9.17, 15) is 4.79 Å². The molecule has 0 bridgehead atoms. The summed E-state index contributed by atoms with van der Waals surface area (Å²) in [5.74, 6) is 0.935. The first-order chi connectivity index (χ1) is 11.0. The van der Waals surface area contributed by atoms with Crippen molar-refractivity contribution in [3.05, 3.63) is 16.8 Å². The van der Waals surface area contributed by atoms with Gasteiger partial charge in [0.2, 0.25) is 0 Å². The van der Waals surface area contributed by atoms with Gasteiger partial charge in [-0.15, -0.1) is 11.3 Å². The summed E-state index contributed by atoms with van der Waals surface area (Å²) in [6.07, 6.45) is 1.61. The summed E-state index contributed by atoms with van der Waals surface area (Å²) in [5, 5.41) is 3.99. The van der Waals surface area contributed by atoms with Gasteiger partial charge in [-0.1, -0.05) is 0 Å². The van der Waals surface area contributed by atoms with Crippen molar-refractivity contribution in [2.24, 2.45) is 0 Å². The predicted molar refractivity (Wildman–Crippen MR) is 94.5 cm³/mol. The van der Waals surface area contributed by atoms with Crippen LogP contribution in [0.1, 0.15) is 29.1 Å². The number of anilines is 1. The number of aryl methyl sites for hydroxylation is 1. The van der Waals surface area contributed by atoms with Crippen molar-refractivity contribution in [1.29, 1.82) is 0 Å². The van der Waals surface area contributed by atoms with Crippen molar-refractivity contribution in [2.75, 3.05) is 38.1 Å². The Morgan fingerprint density at radius 3 is 2.61 bits per heavy atom. The number of hydrogen-bond acceptors (Lipinski definition) is 6. The van der Waals surface area contributed by atoms with Crippen LogP contribution in [-0.4, -0.2) is 60.0 Å². The first kappa shape index (κ1) is 16.1. The molecule has 1 fully saturated rings. The zero-order chi connectivity index (χ0) is 16.6.